The Morgan fingerprint density at radius 3 is 2.65 bits per heavy atom. The van der Waals surface area contributed by atoms with Gasteiger partial charge in [0.05, 0.1) is 5.69 Å². The van der Waals surface area contributed by atoms with Gasteiger partial charge in [-0.3, -0.25) is 0 Å². The lowest BCUT2D eigenvalue weighted by Crippen LogP contribution is -2.08. The quantitative estimate of drug-likeness (QED) is 0.506. The summed E-state index contributed by atoms with van der Waals surface area (Å²) >= 11 is 7.54. The monoisotopic (exact) mass is 265 g/mol. The minimum absolute atomic E-state index is 0.680. The zero-order valence-corrected chi connectivity index (χ0v) is 10.6. The van der Waals surface area contributed by atoms with Crippen LogP contribution in [0.1, 0.15) is 5.69 Å². The number of pyridine rings is 1. The maximum absolute atomic E-state index is 5.82. The summed E-state index contributed by atoms with van der Waals surface area (Å²) in [5.74, 6) is 6.79. The van der Waals surface area contributed by atoms with E-state index in [0.29, 0.717) is 5.82 Å². The number of anilines is 1. The summed E-state index contributed by atoms with van der Waals surface area (Å²) in [5.41, 5.74) is 3.52. The minimum Gasteiger partial charge on any atom is -0.308 e. The molecule has 1 heterocycles. The van der Waals surface area contributed by atoms with E-state index in [0.717, 1.165) is 16.5 Å². The second kappa shape index (κ2) is 5.91. The number of thioether (sulfide) groups is 1. The number of rotatable bonds is 4. The SMILES string of the molecule is NNc1cccc(CSc2ccc(Cl)cc2)n1. The van der Waals surface area contributed by atoms with Crippen LogP contribution in [-0.4, -0.2) is 4.98 Å². The van der Waals surface area contributed by atoms with Gasteiger partial charge in [0.15, 0.2) is 0 Å². The molecule has 0 saturated carbocycles. The molecule has 0 aliphatic carbocycles. The highest BCUT2D eigenvalue weighted by Crippen LogP contribution is 2.23. The maximum Gasteiger partial charge on any atom is 0.140 e. The van der Waals surface area contributed by atoms with Crippen molar-refractivity contribution in [2.24, 2.45) is 5.84 Å². The molecule has 0 spiro atoms. The van der Waals surface area contributed by atoms with Gasteiger partial charge in [-0.15, -0.1) is 11.8 Å². The molecular formula is C12H12ClN3S. The van der Waals surface area contributed by atoms with Crippen LogP contribution in [-0.2, 0) is 5.75 Å². The second-order valence-corrected chi connectivity index (χ2v) is 4.89. The first kappa shape index (κ1) is 12.2. The Bertz CT molecular complexity index is 487. The summed E-state index contributed by atoms with van der Waals surface area (Å²) in [5, 5.41) is 0.752. The fraction of sp³-hybridized carbons (Fsp3) is 0.0833. The number of halogens is 1. The number of benzene rings is 1. The standard InChI is InChI=1S/C12H12ClN3S/c13-9-4-6-11(7-5-9)17-8-10-2-1-3-12(15-10)16-14/h1-7H,8,14H2,(H,15,16). The molecule has 5 heteroatoms. The molecule has 0 saturated heterocycles. The van der Waals surface area contributed by atoms with Crippen molar-refractivity contribution in [1.82, 2.24) is 4.98 Å². The van der Waals surface area contributed by atoms with Crippen molar-refractivity contribution >= 4 is 29.2 Å². The molecule has 0 fully saturated rings. The highest BCUT2D eigenvalue weighted by molar-refractivity contribution is 7.98. The van der Waals surface area contributed by atoms with Crippen LogP contribution < -0.4 is 11.3 Å². The third-order valence-electron chi connectivity index (χ3n) is 2.16. The van der Waals surface area contributed by atoms with Crippen LogP contribution in [0.2, 0.25) is 5.02 Å². The van der Waals surface area contributed by atoms with Crippen molar-refractivity contribution in [3.8, 4) is 0 Å². The van der Waals surface area contributed by atoms with E-state index in [-0.39, 0.29) is 0 Å². The Kier molecular flexibility index (Phi) is 4.25. The van der Waals surface area contributed by atoms with Crippen molar-refractivity contribution in [3.05, 3.63) is 53.2 Å². The molecule has 0 unspecified atom stereocenters. The Labute approximate surface area is 109 Å². The molecule has 1 aromatic heterocycles. The molecule has 1 aromatic carbocycles. The van der Waals surface area contributed by atoms with Gasteiger partial charge in [0.1, 0.15) is 5.82 Å². The number of nitrogens with one attached hydrogen (secondary N) is 1. The molecular weight excluding hydrogens is 254 g/mol. The number of nitrogens with zero attached hydrogens (tertiary/aromatic N) is 1. The van der Waals surface area contributed by atoms with Crippen molar-refractivity contribution in [1.29, 1.82) is 0 Å². The summed E-state index contributed by atoms with van der Waals surface area (Å²) in [6.45, 7) is 0. The highest BCUT2D eigenvalue weighted by Gasteiger charge is 1.99. The lowest BCUT2D eigenvalue weighted by molar-refractivity contribution is 1.14. The van der Waals surface area contributed by atoms with Gasteiger partial charge in [-0.25, -0.2) is 10.8 Å². The van der Waals surface area contributed by atoms with Crippen LogP contribution in [0.5, 0.6) is 0 Å². The summed E-state index contributed by atoms with van der Waals surface area (Å²) in [4.78, 5) is 5.51. The summed E-state index contributed by atoms with van der Waals surface area (Å²) in [6, 6.07) is 13.5. The number of hydrogen-bond donors (Lipinski definition) is 2. The Morgan fingerprint density at radius 1 is 1.18 bits per heavy atom. The average molecular weight is 266 g/mol. The van der Waals surface area contributed by atoms with E-state index in [1.807, 2.05) is 42.5 Å². The Morgan fingerprint density at radius 2 is 1.94 bits per heavy atom. The number of nitrogen functional groups attached to an aromatic ring is 1. The molecule has 0 aliphatic heterocycles. The zero-order valence-electron chi connectivity index (χ0n) is 9.06. The lowest BCUT2D eigenvalue weighted by atomic mass is 10.4. The predicted molar refractivity (Wildman–Crippen MR) is 73.1 cm³/mol. The molecule has 88 valence electrons. The molecule has 3 N–H and O–H groups in total. The molecule has 0 aliphatic rings. The molecule has 0 amide bonds. The molecule has 17 heavy (non-hydrogen) atoms. The molecule has 2 rings (SSSR count). The predicted octanol–water partition coefficient (Wildman–Crippen LogP) is 3.31. The van der Waals surface area contributed by atoms with E-state index in [1.165, 1.54) is 4.90 Å². The fourth-order valence-electron chi connectivity index (χ4n) is 1.33. The lowest BCUT2D eigenvalue weighted by Gasteiger charge is -2.04. The second-order valence-electron chi connectivity index (χ2n) is 3.40. The van der Waals surface area contributed by atoms with E-state index in [2.05, 4.69) is 10.4 Å². The average Bonchev–Trinajstić information content (AvgIpc) is 2.38. The van der Waals surface area contributed by atoms with Crippen molar-refractivity contribution in [3.63, 3.8) is 0 Å². The first-order valence-corrected chi connectivity index (χ1v) is 6.45. The highest BCUT2D eigenvalue weighted by atomic mass is 35.5. The normalized spacial score (nSPS) is 10.2. The Balaban J connectivity index is 1.99. The first-order valence-electron chi connectivity index (χ1n) is 5.09. The molecule has 0 bridgehead atoms. The van der Waals surface area contributed by atoms with Gasteiger partial charge in [0.2, 0.25) is 0 Å². The van der Waals surface area contributed by atoms with Crippen LogP contribution in [0, 0.1) is 0 Å². The molecule has 0 radical (unpaired) electrons. The van der Waals surface area contributed by atoms with E-state index >= 15 is 0 Å². The Hall–Kier alpha value is -1.23. The van der Waals surface area contributed by atoms with E-state index < -0.39 is 0 Å². The van der Waals surface area contributed by atoms with E-state index in [4.69, 9.17) is 17.4 Å². The van der Waals surface area contributed by atoms with Crippen LogP contribution in [0.25, 0.3) is 0 Å². The summed E-state index contributed by atoms with van der Waals surface area (Å²) in [7, 11) is 0. The van der Waals surface area contributed by atoms with Crippen molar-refractivity contribution in [2.75, 3.05) is 5.43 Å². The number of hydrazine groups is 1. The van der Waals surface area contributed by atoms with Crippen LogP contribution in [0.15, 0.2) is 47.4 Å². The van der Waals surface area contributed by atoms with E-state index in [9.17, 15) is 0 Å². The molecule has 2 aromatic rings. The van der Waals surface area contributed by atoms with Gasteiger partial charge < -0.3 is 5.43 Å². The summed E-state index contributed by atoms with van der Waals surface area (Å²) < 4.78 is 0. The summed E-state index contributed by atoms with van der Waals surface area (Å²) in [6.07, 6.45) is 0. The first-order chi connectivity index (χ1) is 8.28. The minimum atomic E-state index is 0.680. The zero-order chi connectivity index (χ0) is 12.1. The van der Waals surface area contributed by atoms with Gasteiger partial charge in [-0.1, -0.05) is 17.7 Å². The van der Waals surface area contributed by atoms with Crippen LogP contribution >= 0.6 is 23.4 Å². The van der Waals surface area contributed by atoms with Crippen LogP contribution in [0.3, 0.4) is 0 Å². The largest absolute Gasteiger partial charge is 0.308 e. The number of nitrogens with two attached hydrogens (primary N) is 1. The van der Waals surface area contributed by atoms with Gasteiger partial charge in [0.25, 0.3) is 0 Å². The third kappa shape index (κ3) is 3.63. The smallest absolute Gasteiger partial charge is 0.140 e. The number of hydrogen-bond acceptors (Lipinski definition) is 4. The van der Waals surface area contributed by atoms with Gasteiger partial charge >= 0.3 is 0 Å². The maximum atomic E-state index is 5.82. The van der Waals surface area contributed by atoms with Crippen molar-refractivity contribution < 1.29 is 0 Å². The van der Waals surface area contributed by atoms with Gasteiger partial charge in [-0.2, -0.15) is 0 Å². The van der Waals surface area contributed by atoms with Crippen LogP contribution in [0.4, 0.5) is 5.82 Å². The third-order valence-corrected chi connectivity index (χ3v) is 3.45. The van der Waals surface area contributed by atoms with Gasteiger partial charge in [-0.05, 0) is 36.4 Å². The topological polar surface area (TPSA) is 50.9 Å². The fourth-order valence-corrected chi connectivity index (χ4v) is 2.26. The van der Waals surface area contributed by atoms with E-state index in [1.54, 1.807) is 11.8 Å². The number of aromatic nitrogens is 1. The van der Waals surface area contributed by atoms with Crippen molar-refractivity contribution in [2.45, 2.75) is 10.6 Å². The molecule has 3 nitrogen and oxygen atoms in total. The molecule has 0 atom stereocenters. The van der Waals surface area contributed by atoms with Gasteiger partial charge in [0, 0.05) is 15.7 Å².